The smallest absolute Gasteiger partial charge is 0.182 e. The maximum Gasteiger partial charge on any atom is 0.182 e. The quantitative estimate of drug-likeness (QED) is 0.825. The molecule has 0 fully saturated rings. The number of aromatic nitrogens is 4. The molecule has 1 aromatic carbocycles. The van der Waals surface area contributed by atoms with Crippen molar-refractivity contribution in [3.8, 4) is 11.4 Å². The van der Waals surface area contributed by atoms with Gasteiger partial charge in [-0.25, -0.2) is 4.68 Å². The van der Waals surface area contributed by atoms with E-state index in [-0.39, 0.29) is 0 Å². The van der Waals surface area contributed by atoms with Crippen molar-refractivity contribution in [2.75, 3.05) is 19.5 Å². The van der Waals surface area contributed by atoms with E-state index in [1.165, 1.54) is 0 Å². The monoisotopic (exact) mass is 261 g/mol. The molecule has 0 aliphatic rings. The lowest BCUT2D eigenvalue weighted by Crippen LogP contribution is -2.14. The molecular formula is C13H19N5O. The Morgan fingerprint density at radius 1 is 1.42 bits per heavy atom. The average molecular weight is 261 g/mol. The van der Waals surface area contributed by atoms with Crippen LogP contribution in [-0.4, -0.2) is 33.9 Å². The number of methoxy groups -OCH3 is 1. The fraction of sp³-hybridized carbons (Fsp3) is 0.462. The van der Waals surface area contributed by atoms with Crippen LogP contribution in [0.15, 0.2) is 18.2 Å². The highest BCUT2D eigenvalue weighted by Gasteiger charge is 2.12. The summed E-state index contributed by atoms with van der Waals surface area (Å²) < 4.78 is 6.93. The van der Waals surface area contributed by atoms with Gasteiger partial charge in [0.2, 0.25) is 0 Å². The molecule has 6 nitrogen and oxygen atoms in total. The Bertz CT molecular complexity index is 552. The van der Waals surface area contributed by atoms with Gasteiger partial charge in [0.1, 0.15) is 0 Å². The van der Waals surface area contributed by atoms with Gasteiger partial charge in [-0.15, -0.1) is 5.10 Å². The number of anilines is 1. The molecule has 6 heteroatoms. The van der Waals surface area contributed by atoms with E-state index < -0.39 is 0 Å². The second kappa shape index (κ2) is 5.79. The van der Waals surface area contributed by atoms with Crippen LogP contribution in [0.25, 0.3) is 11.4 Å². The summed E-state index contributed by atoms with van der Waals surface area (Å²) in [5.41, 5.74) is 8.60. The molecular weight excluding hydrogens is 242 g/mol. The molecule has 0 amide bonds. The summed E-state index contributed by atoms with van der Waals surface area (Å²) in [7, 11) is 1.69. The van der Waals surface area contributed by atoms with Crippen LogP contribution in [0.2, 0.25) is 0 Å². The number of hydrogen-bond acceptors (Lipinski definition) is 5. The molecule has 1 unspecified atom stereocenters. The minimum absolute atomic E-state index is 0.349. The number of ether oxygens (including phenoxy) is 1. The lowest BCUT2D eigenvalue weighted by molar-refractivity contribution is 0.149. The zero-order valence-electron chi connectivity index (χ0n) is 11.5. The highest BCUT2D eigenvalue weighted by atomic mass is 16.5. The Morgan fingerprint density at radius 3 is 2.89 bits per heavy atom. The van der Waals surface area contributed by atoms with E-state index in [0.717, 1.165) is 29.2 Å². The lowest BCUT2D eigenvalue weighted by Gasteiger charge is -2.11. The van der Waals surface area contributed by atoms with Gasteiger partial charge >= 0.3 is 0 Å². The molecule has 19 heavy (non-hydrogen) atoms. The number of aryl methyl sites for hydroxylation is 1. The standard InChI is InChI=1S/C13H19N5O/c1-9(8-19-3)7-18-13(15-16-17-18)11-4-5-12(14)10(2)6-11/h4-6,9H,7-8,14H2,1-3H3. The van der Waals surface area contributed by atoms with E-state index in [1.807, 2.05) is 25.1 Å². The van der Waals surface area contributed by atoms with Crippen molar-refractivity contribution in [3.63, 3.8) is 0 Å². The summed E-state index contributed by atoms with van der Waals surface area (Å²) in [5.74, 6) is 1.10. The molecule has 2 aromatic rings. The first-order chi connectivity index (χ1) is 9.11. The number of hydrogen-bond donors (Lipinski definition) is 1. The topological polar surface area (TPSA) is 78.8 Å². The summed E-state index contributed by atoms with van der Waals surface area (Å²) in [6.45, 7) is 5.48. The van der Waals surface area contributed by atoms with Crippen LogP contribution in [-0.2, 0) is 11.3 Å². The Kier molecular flexibility index (Phi) is 4.11. The zero-order valence-corrected chi connectivity index (χ0v) is 11.5. The van der Waals surface area contributed by atoms with Crippen molar-refractivity contribution < 1.29 is 4.74 Å². The van der Waals surface area contributed by atoms with E-state index in [9.17, 15) is 0 Å². The predicted molar refractivity (Wildman–Crippen MR) is 73.4 cm³/mol. The van der Waals surface area contributed by atoms with Gasteiger partial charge in [-0.3, -0.25) is 0 Å². The summed E-state index contributed by atoms with van der Waals surface area (Å²) in [4.78, 5) is 0. The fourth-order valence-electron chi connectivity index (χ4n) is 1.98. The van der Waals surface area contributed by atoms with Gasteiger partial charge in [0.05, 0.1) is 6.61 Å². The number of benzene rings is 1. The third kappa shape index (κ3) is 3.08. The van der Waals surface area contributed by atoms with Crippen molar-refractivity contribution in [3.05, 3.63) is 23.8 Å². The second-order valence-electron chi connectivity index (χ2n) is 4.82. The first-order valence-electron chi connectivity index (χ1n) is 6.23. The van der Waals surface area contributed by atoms with Crippen molar-refractivity contribution in [1.29, 1.82) is 0 Å². The summed E-state index contributed by atoms with van der Waals surface area (Å²) in [5, 5.41) is 11.9. The number of tetrazole rings is 1. The number of nitrogen functional groups attached to an aromatic ring is 1. The van der Waals surface area contributed by atoms with Gasteiger partial charge < -0.3 is 10.5 Å². The van der Waals surface area contributed by atoms with Gasteiger partial charge in [0.25, 0.3) is 0 Å². The fourth-order valence-corrected chi connectivity index (χ4v) is 1.98. The summed E-state index contributed by atoms with van der Waals surface area (Å²) in [6.07, 6.45) is 0. The Morgan fingerprint density at radius 2 is 2.21 bits per heavy atom. The summed E-state index contributed by atoms with van der Waals surface area (Å²) >= 11 is 0. The molecule has 1 aromatic heterocycles. The molecule has 0 radical (unpaired) electrons. The third-order valence-corrected chi connectivity index (χ3v) is 3.00. The lowest BCUT2D eigenvalue weighted by atomic mass is 10.1. The molecule has 0 spiro atoms. The Labute approximate surface area is 112 Å². The van der Waals surface area contributed by atoms with Gasteiger partial charge in [0.15, 0.2) is 5.82 Å². The van der Waals surface area contributed by atoms with Crippen LogP contribution in [0.4, 0.5) is 5.69 Å². The first kappa shape index (κ1) is 13.5. The van der Waals surface area contributed by atoms with Crippen LogP contribution in [0, 0.1) is 12.8 Å². The molecule has 1 atom stereocenters. The summed E-state index contributed by atoms with van der Waals surface area (Å²) in [6, 6.07) is 5.81. The average Bonchev–Trinajstić information content (AvgIpc) is 2.81. The van der Waals surface area contributed by atoms with Crippen molar-refractivity contribution in [2.24, 2.45) is 5.92 Å². The number of nitrogens with zero attached hydrogens (tertiary/aromatic N) is 4. The molecule has 1 heterocycles. The molecule has 2 N–H and O–H groups in total. The predicted octanol–water partition coefficient (Wildman–Crippen LogP) is 1.51. The van der Waals surface area contributed by atoms with E-state index >= 15 is 0 Å². The van der Waals surface area contributed by atoms with Crippen molar-refractivity contribution in [2.45, 2.75) is 20.4 Å². The molecule has 102 valence electrons. The Hall–Kier alpha value is -1.95. The van der Waals surface area contributed by atoms with Crippen LogP contribution in [0.1, 0.15) is 12.5 Å². The Balaban J connectivity index is 2.25. The van der Waals surface area contributed by atoms with Crippen LogP contribution < -0.4 is 5.73 Å². The maximum atomic E-state index is 5.83. The van der Waals surface area contributed by atoms with Gasteiger partial charge in [-0.1, -0.05) is 6.92 Å². The van der Waals surface area contributed by atoms with E-state index in [2.05, 4.69) is 22.4 Å². The number of rotatable bonds is 5. The SMILES string of the molecule is COCC(C)Cn1nnnc1-c1ccc(N)c(C)c1. The van der Waals surface area contributed by atoms with E-state index in [1.54, 1.807) is 11.8 Å². The molecule has 2 rings (SSSR count). The second-order valence-corrected chi connectivity index (χ2v) is 4.82. The van der Waals surface area contributed by atoms with Gasteiger partial charge in [0, 0.05) is 24.9 Å². The molecule has 0 aliphatic heterocycles. The first-order valence-corrected chi connectivity index (χ1v) is 6.23. The van der Waals surface area contributed by atoms with Gasteiger partial charge in [-0.2, -0.15) is 0 Å². The van der Waals surface area contributed by atoms with Crippen LogP contribution in [0.3, 0.4) is 0 Å². The highest BCUT2D eigenvalue weighted by molar-refractivity contribution is 5.61. The minimum atomic E-state index is 0.349. The maximum absolute atomic E-state index is 5.83. The largest absolute Gasteiger partial charge is 0.399 e. The highest BCUT2D eigenvalue weighted by Crippen LogP contribution is 2.21. The van der Waals surface area contributed by atoms with Crippen LogP contribution >= 0.6 is 0 Å². The van der Waals surface area contributed by atoms with Crippen LogP contribution in [0.5, 0.6) is 0 Å². The molecule has 0 aliphatic carbocycles. The number of nitrogens with two attached hydrogens (primary N) is 1. The van der Waals surface area contributed by atoms with Gasteiger partial charge in [-0.05, 0) is 47.0 Å². The minimum Gasteiger partial charge on any atom is -0.399 e. The third-order valence-electron chi connectivity index (χ3n) is 3.00. The molecule has 0 bridgehead atoms. The normalized spacial score (nSPS) is 12.6. The molecule has 0 saturated carbocycles. The van der Waals surface area contributed by atoms with E-state index in [4.69, 9.17) is 10.5 Å². The zero-order chi connectivity index (χ0) is 13.8. The van der Waals surface area contributed by atoms with E-state index in [0.29, 0.717) is 12.5 Å². The van der Waals surface area contributed by atoms with Crippen molar-refractivity contribution >= 4 is 5.69 Å². The van der Waals surface area contributed by atoms with Crippen molar-refractivity contribution in [1.82, 2.24) is 20.2 Å². The molecule has 0 saturated heterocycles.